The largest absolute Gasteiger partial charge is 0.508 e. The number of carboxylic acids is 1. The number of phenolic OH excluding ortho intramolecular Hbond substituents is 1. The van der Waals surface area contributed by atoms with Gasteiger partial charge in [0.25, 0.3) is 0 Å². The molecule has 74 valence electrons. The van der Waals surface area contributed by atoms with E-state index in [1.807, 2.05) is 0 Å². The summed E-state index contributed by atoms with van der Waals surface area (Å²) in [5.74, 6) is -1.12. The summed E-state index contributed by atoms with van der Waals surface area (Å²) in [6.07, 6.45) is 0. The summed E-state index contributed by atoms with van der Waals surface area (Å²) in [5, 5.41) is 21.1. The Balaban J connectivity index is 3.06. The van der Waals surface area contributed by atoms with Gasteiger partial charge >= 0.3 is 5.97 Å². The summed E-state index contributed by atoms with van der Waals surface area (Å²) < 4.78 is 0. The third-order valence-electron chi connectivity index (χ3n) is 1.53. The molecule has 0 saturated carbocycles. The number of hydrogen-bond acceptors (Lipinski definition) is 4. The monoisotopic (exact) mass is 195 g/mol. The van der Waals surface area contributed by atoms with E-state index in [1.54, 1.807) is 0 Å². The number of benzene rings is 1. The van der Waals surface area contributed by atoms with E-state index in [-0.39, 0.29) is 11.5 Å². The van der Waals surface area contributed by atoms with Crippen molar-refractivity contribution in [3.63, 3.8) is 0 Å². The minimum atomic E-state index is -1.18. The minimum Gasteiger partial charge on any atom is -0.508 e. The van der Waals surface area contributed by atoms with Crippen LogP contribution in [0.3, 0.4) is 0 Å². The van der Waals surface area contributed by atoms with Gasteiger partial charge in [0.1, 0.15) is 12.9 Å². The third kappa shape index (κ3) is 2.22. The number of oxime groups is 1. The van der Waals surface area contributed by atoms with E-state index in [0.29, 0.717) is 5.56 Å². The van der Waals surface area contributed by atoms with E-state index in [4.69, 9.17) is 10.2 Å². The third-order valence-corrected chi connectivity index (χ3v) is 1.53. The van der Waals surface area contributed by atoms with Crippen molar-refractivity contribution in [1.29, 1.82) is 0 Å². The summed E-state index contributed by atoms with van der Waals surface area (Å²) in [6.45, 7) is 0. The van der Waals surface area contributed by atoms with Gasteiger partial charge in [-0.2, -0.15) is 0 Å². The molecule has 1 rings (SSSR count). The van der Waals surface area contributed by atoms with Crippen LogP contribution >= 0.6 is 0 Å². The summed E-state index contributed by atoms with van der Waals surface area (Å²) in [7, 11) is 1.27. The first-order valence-electron chi connectivity index (χ1n) is 3.79. The van der Waals surface area contributed by atoms with E-state index >= 15 is 0 Å². The van der Waals surface area contributed by atoms with Gasteiger partial charge in [0, 0.05) is 5.56 Å². The smallest absolute Gasteiger partial charge is 0.358 e. The van der Waals surface area contributed by atoms with Crippen molar-refractivity contribution in [1.82, 2.24) is 0 Å². The fourth-order valence-electron chi connectivity index (χ4n) is 0.926. The summed E-state index contributed by atoms with van der Waals surface area (Å²) in [5.41, 5.74) is 0.171. The van der Waals surface area contributed by atoms with E-state index in [2.05, 4.69) is 9.99 Å². The van der Waals surface area contributed by atoms with Crippen molar-refractivity contribution < 1.29 is 19.8 Å². The fourth-order valence-corrected chi connectivity index (χ4v) is 0.926. The second-order valence-corrected chi connectivity index (χ2v) is 2.47. The fraction of sp³-hybridized carbons (Fsp3) is 0.111. The van der Waals surface area contributed by atoms with Crippen LogP contribution in [0.15, 0.2) is 29.4 Å². The average Bonchev–Trinajstić information content (AvgIpc) is 2.15. The Kier molecular flexibility index (Phi) is 3.06. The Bertz CT molecular complexity index is 356. The van der Waals surface area contributed by atoms with E-state index in [9.17, 15) is 4.79 Å². The molecule has 1 aromatic carbocycles. The molecule has 0 fully saturated rings. The lowest BCUT2D eigenvalue weighted by atomic mass is 10.1. The number of hydrogen-bond donors (Lipinski definition) is 2. The van der Waals surface area contributed by atoms with E-state index < -0.39 is 5.97 Å². The number of phenols is 1. The van der Waals surface area contributed by atoms with Gasteiger partial charge < -0.3 is 15.1 Å². The molecule has 0 radical (unpaired) electrons. The van der Waals surface area contributed by atoms with Crippen molar-refractivity contribution in [2.24, 2.45) is 5.16 Å². The lowest BCUT2D eigenvalue weighted by molar-refractivity contribution is -0.129. The highest BCUT2D eigenvalue weighted by Crippen LogP contribution is 2.10. The highest BCUT2D eigenvalue weighted by atomic mass is 16.6. The Morgan fingerprint density at radius 1 is 1.36 bits per heavy atom. The molecule has 0 spiro atoms. The van der Waals surface area contributed by atoms with Crippen LogP contribution < -0.4 is 0 Å². The van der Waals surface area contributed by atoms with Crippen molar-refractivity contribution in [2.45, 2.75) is 0 Å². The summed E-state index contributed by atoms with van der Waals surface area (Å²) >= 11 is 0. The quantitative estimate of drug-likeness (QED) is 0.553. The maximum Gasteiger partial charge on any atom is 0.358 e. The molecule has 0 heterocycles. The molecule has 0 aromatic heterocycles. The normalized spacial score (nSPS) is 11.1. The molecular formula is C9H9NO4. The van der Waals surface area contributed by atoms with Crippen LogP contribution in [-0.4, -0.2) is 29.0 Å². The molecule has 0 aliphatic carbocycles. The molecule has 5 heteroatoms. The number of aliphatic carboxylic acids is 1. The van der Waals surface area contributed by atoms with Crippen LogP contribution in [0.2, 0.25) is 0 Å². The summed E-state index contributed by atoms with van der Waals surface area (Å²) in [6, 6.07) is 5.65. The number of carboxylic acid groups (broad SMARTS) is 1. The first kappa shape index (κ1) is 10.0. The van der Waals surface area contributed by atoms with Crippen LogP contribution in [0.4, 0.5) is 0 Å². The zero-order valence-electron chi connectivity index (χ0n) is 7.47. The van der Waals surface area contributed by atoms with Crippen molar-refractivity contribution >= 4 is 11.7 Å². The second kappa shape index (κ2) is 4.27. The SMILES string of the molecule is CO/N=C(/C(=O)O)c1ccc(O)cc1. The van der Waals surface area contributed by atoms with Crippen LogP contribution in [0.1, 0.15) is 5.56 Å². The number of rotatable bonds is 3. The molecule has 0 atom stereocenters. The molecule has 0 aliphatic heterocycles. The summed E-state index contributed by atoms with van der Waals surface area (Å²) in [4.78, 5) is 15.1. The Labute approximate surface area is 80.2 Å². The van der Waals surface area contributed by atoms with Gasteiger partial charge in [-0.1, -0.05) is 5.16 Å². The first-order valence-corrected chi connectivity index (χ1v) is 3.79. The van der Waals surface area contributed by atoms with Gasteiger partial charge in [-0.05, 0) is 24.3 Å². The van der Waals surface area contributed by atoms with Crippen LogP contribution in [0.25, 0.3) is 0 Å². The van der Waals surface area contributed by atoms with Gasteiger partial charge in [0.05, 0.1) is 0 Å². The molecule has 0 amide bonds. The molecule has 0 saturated heterocycles. The van der Waals surface area contributed by atoms with Gasteiger partial charge in [-0.3, -0.25) is 0 Å². The zero-order chi connectivity index (χ0) is 10.6. The predicted octanol–water partition coefficient (Wildman–Crippen LogP) is 0.827. The molecule has 14 heavy (non-hydrogen) atoms. The molecule has 0 aliphatic rings. The molecule has 1 aromatic rings. The van der Waals surface area contributed by atoms with E-state index in [0.717, 1.165) is 0 Å². The van der Waals surface area contributed by atoms with Crippen LogP contribution in [-0.2, 0) is 9.63 Å². The average molecular weight is 195 g/mol. The zero-order valence-corrected chi connectivity index (χ0v) is 7.47. The molecule has 5 nitrogen and oxygen atoms in total. The minimum absolute atomic E-state index is 0.0657. The predicted molar refractivity (Wildman–Crippen MR) is 49.3 cm³/mol. The lowest BCUT2D eigenvalue weighted by Gasteiger charge is -2.00. The van der Waals surface area contributed by atoms with Gasteiger partial charge in [0.15, 0.2) is 5.71 Å². The Hall–Kier alpha value is -2.04. The van der Waals surface area contributed by atoms with Crippen LogP contribution in [0.5, 0.6) is 5.75 Å². The van der Waals surface area contributed by atoms with Crippen molar-refractivity contribution in [3.05, 3.63) is 29.8 Å². The maximum atomic E-state index is 10.7. The van der Waals surface area contributed by atoms with Gasteiger partial charge in [-0.25, -0.2) is 4.79 Å². The second-order valence-electron chi connectivity index (χ2n) is 2.47. The van der Waals surface area contributed by atoms with E-state index in [1.165, 1.54) is 31.4 Å². The van der Waals surface area contributed by atoms with Gasteiger partial charge in [0.2, 0.25) is 0 Å². The van der Waals surface area contributed by atoms with Gasteiger partial charge in [-0.15, -0.1) is 0 Å². The number of carbonyl (C=O) groups is 1. The highest BCUT2D eigenvalue weighted by Gasteiger charge is 2.12. The van der Waals surface area contributed by atoms with Crippen molar-refractivity contribution in [2.75, 3.05) is 7.11 Å². The Morgan fingerprint density at radius 2 is 1.93 bits per heavy atom. The maximum absolute atomic E-state index is 10.7. The lowest BCUT2D eigenvalue weighted by Crippen LogP contribution is -2.14. The van der Waals surface area contributed by atoms with Crippen LogP contribution in [0, 0.1) is 0 Å². The van der Waals surface area contributed by atoms with Crippen molar-refractivity contribution in [3.8, 4) is 5.75 Å². The highest BCUT2D eigenvalue weighted by molar-refractivity contribution is 6.42. The standard InChI is InChI=1S/C9H9NO4/c1-14-10-8(9(12)13)6-2-4-7(11)5-3-6/h2-5,11H,1H3,(H,12,13)/b10-8+. The topological polar surface area (TPSA) is 79.1 Å². The number of nitrogens with zero attached hydrogens (tertiary/aromatic N) is 1. The number of aromatic hydroxyl groups is 1. The molecule has 0 bridgehead atoms. The molecule has 2 N–H and O–H groups in total. The molecule has 0 unspecified atom stereocenters. The first-order chi connectivity index (χ1) is 6.65. The Morgan fingerprint density at radius 3 is 2.36 bits per heavy atom. The molecular weight excluding hydrogens is 186 g/mol.